The van der Waals surface area contributed by atoms with E-state index >= 15 is 0 Å². The summed E-state index contributed by atoms with van der Waals surface area (Å²) in [5.41, 5.74) is 5.65. The molecule has 0 spiro atoms. The van der Waals surface area contributed by atoms with E-state index in [0.29, 0.717) is 31.5 Å². The van der Waals surface area contributed by atoms with E-state index in [-0.39, 0.29) is 5.91 Å². The van der Waals surface area contributed by atoms with E-state index in [0.717, 1.165) is 19.3 Å². The van der Waals surface area contributed by atoms with Crippen molar-refractivity contribution in [1.82, 2.24) is 5.32 Å². The Balaban J connectivity index is 2.19. The second kappa shape index (κ2) is 6.80. The van der Waals surface area contributed by atoms with Gasteiger partial charge in [-0.3, -0.25) is 4.79 Å². The Morgan fingerprint density at radius 3 is 3.00 bits per heavy atom. The normalized spacial score (nSPS) is 25.5. The molecule has 0 radical (unpaired) electrons. The van der Waals surface area contributed by atoms with E-state index in [9.17, 15) is 4.79 Å². The molecule has 0 saturated heterocycles. The third kappa shape index (κ3) is 4.18. The second-order valence-corrected chi connectivity index (χ2v) is 4.20. The third-order valence-corrected chi connectivity index (χ3v) is 3.06. The van der Waals surface area contributed by atoms with Crippen LogP contribution >= 0.6 is 0 Å². The maximum Gasteiger partial charge on any atom is 0.220 e. The number of amides is 1. The summed E-state index contributed by atoms with van der Waals surface area (Å²) in [7, 11) is 1.65. The molecule has 2 atom stereocenters. The summed E-state index contributed by atoms with van der Waals surface area (Å²) < 4.78 is 4.90. The average Bonchev–Trinajstić information content (AvgIpc) is 2.65. The summed E-state index contributed by atoms with van der Waals surface area (Å²) in [6.45, 7) is 1.33. The van der Waals surface area contributed by atoms with Crippen LogP contribution in [-0.4, -0.2) is 32.2 Å². The molecule has 0 aliphatic heterocycles. The van der Waals surface area contributed by atoms with Crippen molar-refractivity contribution in [2.24, 2.45) is 11.7 Å². The molecule has 0 heterocycles. The molecule has 4 heteroatoms. The smallest absolute Gasteiger partial charge is 0.220 e. The molecule has 15 heavy (non-hydrogen) atoms. The van der Waals surface area contributed by atoms with Crippen LogP contribution in [0.3, 0.4) is 0 Å². The lowest BCUT2D eigenvalue weighted by atomic mass is 10.0. The lowest BCUT2D eigenvalue weighted by Gasteiger charge is -2.19. The van der Waals surface area contributed by atoms with Gasteiger partial charge >= 0.3 is 0 Å². The number of hydrogen-bond acceptors (Lipinski definition) is 3. The number of carbonyl (C=O) groups excluding carboxylic acids is 1. The molecule has 2 unspecified atom stereocenters. The molecular weight excluding hydrogens is 192 g/mol. The Morgan fingerprint density at radius 1 is 1.53 bits per heavy atom. The Bertz CT molecular complexity index is 197. The number of carbonyl (C=O) groups is 1. The molecule has 0 aromatic heterocycles. The molecule has 4 nitrogen and oxygen atoms in total. The van der Waals surface area contributed by atoms with Crippen LogP contribution in [-0.2, 0) is 9.53 Å². The van der Waals surface area contributed by atoms with Crippen molar-refractivity contribution in [1.29, 1.82) is 0 Å². The van der Waals surface area contributed by atoms with E-state index in [1.165, 1.54) is 6.42 Å². The summed E-state index contributed by atoms with van der Waals surface area (Å²) in [6, 6.07) is 0.310. The average molecular weight is 214 g/mol. The third-order valence-electron chi connectivity index (χ3n) is 3.06. The fraction of sp³-hybridized carbons (Fsp3) is 0.909. The van der Waals surface area contributed by atoms with Crippen molar-refractivity contribution < 1.29 is 9.53 Å². The van der Waals surface area contributed by atoms with Crippen LogP contribution in [0, 0.1) is 5.92 Å². The maximum absolute atomic E-state index is 11.5. The molecule has 0 aromatic rings. The van der Waals surface area contributed by atoms with Crippen molar-refractivity contribution in [3.05, 3.63) is 0 Å². The highest BCUT2D eigenvalue weighted by Gasteiger charge is 2.26. The summed E-state index contributed by atoms with van der Waals surface area (Å²) in [6.07, 6.45) is 4.77. The number of nitrogens with one attached hydrogen (secondary N) is 1. The van der Waals surface area contributed by atoms with E-state index in [4.69, 9.17) is 10.5 Å². The van der Waals surface area contributed by atoms with E-state index in [1.807, 2.05) is 0 Å². The van der Waals surface area contributed by atoms with Gasteiger partial charge in [0.25, 0.3) is 0 Å². The molecule has 1 saturated carbocycles. The first kappa shape index (κ1) is 12.5. The number of methoxy groups -OCH3 is 1. The Morgan fingerprint density at radius 2 is 2.33 bits per heavy atom. The van der Waals surface area contributed by atoms with Crippen LogP contribution in [0.15, 0.2) is 0 Å². The van der Waals surface area contributed by atoms with Gasteiger partial charge in [0.15, 0.2) is 0 Å². The van der Waals surface area contributed by atoms with E-state index in [1.54, 1.807) is 7.11 Å². The van der Waals surface area contributed by atoms with Crippen molar-refractivity contribution in [3.8, 4) is 0 Å². The lowest BCUT2D eigenvalue weighted by molar-refractivity contribution is -0.122. The van der Waals surface area contributed by atoms with Crippen LogP contribution in [0.25, 0.3) is 0 Å². The molecule has 1 rings (SSSR count). The van der Waals surface area contributed by atoms with Gasteiger partial charge in [0, 0.05) is 26.2 Å². The highest BCUT2D eigenvalue weighted by Crippen LogP contribution is 2.24. The van der Waals surface area contributed by atoms with Crippen LogP contribution in [0.2, 0.25) is 0 Å². The molecule has 3 N–H and O–H groups in total. The van der Waals surface area contributed by atoms with Crippen molar-refractivity contribution in [2.45, 2.75) is 38.1 Å². The first-order valence-corrected chi connectivity index (χ1v) is 5.76. The van der Waals surface area contributed by atoms with Gasteiger partial charge in [-0.2, -0.15) is 0 Å². The number of hydrogen-bond donors (Lipinski definition) is 2. The molecule has 1 amide bonds. The number of nitrogens with two attached hydrogens (primary N) is 1. The van der Waals surface area contributed by atoms with Gasteiger partial charge in [-0.05, 0) is 31.7 Å². The molecule has 0 aromatic carbocycles. The summed E-state index contributed by atoms with van der Waals surface area (Å²) in [4.78, 5) is 11.5. The van der Waals surface area contributed by atoms with Crippen molar-refractivity contribution in [2.75, 3.05) is 20.3 Å². The monoisotopic (exact) mass is 214 g/mol. The largest absolute Gasteiger partial charge is 0.385 e. The standard InChI is InChI=1S/C11H22N2O2/c1-15-7-3-6-11(14)13-10-5-2-4-9(10)8-12/h9-10H,2-8,12H2,1H3,(H,13,14). The molecule has 1 aliphatic rings. The molecular formula is C11H22N2O2. The minimum atomic E-state index is 0.136. The van der Waals surface area contributed by atoms with Gasteiger partial charge in [0.05, 0.1) is 0 Å². The second-order valence-electron chi connectivity index (χ2n) is 4.20. The van der Waals surface area contributed by atoms with Crippen LogP contribution in [0.4, 0.5) is 0 Å². The van der Waals surface area contributed by atoms with Gasteiger partial charge < -0.3 is 15.8 Å². The van der Waals surface area contributed by atoms with E-state index < -0.39 is 0 Å². The molecule has 1 aliphatic carbocycles. The van der Waals surface area contributed by atoms with Crippen LogP contribution in [0.5, 0.6) is 0 Å². The number of rotatable bonds is 6. The fourth-order valence-corrected chi connectivity index (χ4v) is 2.16. The van der Waals surface area contributed by atoms with Gasteiger partial charge in [-0.15, -0.1) is 0 Å². The van der Waals surface area contributed by atoms with Crippen LogP contribution in [0.1, 0.15) is 32.1 Å². The molecule has 0 bridgehead atoms. The Kier molecular flexibility index (Phi) is 5.65. The Hall–Kier alpha value is -0.610. The SMILES string of the molecule is COCCCC(=O)NC1CCCC1CN. The van der Waals surface area contributed by atoms with Gasteiger partial charge in [0.1, 0.15) is 0 Å². The first-order chi connectivity index (χ1) is 7.27. The Labute approximate surface area is 91.5 Å². The highest BCUT2D eigenvalue weighted by molar-refractivity contribution is 5.76. The number of ether oxygens (including phenoxy) is 1. The summed E-state index contributed by atoms with van der Waals surface area (Å²) >= 11 is 0. The molecule has 1 fully saturated rings. The lowest BCUT2D eigenvalue weighted by Crippen LogP contribution is -2.39. The topological polar surface area (TPSA) is 64.3 Å². The predicted octanol–water partition coefficient (Wildman–Crippen LogP) is 0.657. The zero-order valence-electron chi connectivity index (χ0n) is 9.50. The fourth-order valence-electron chi connectivity index (χ4n) is 2.16. The van der Waals surface area contributed by atoms with Crippen molar-refractivity contribution in [3.63, 3.8) is 0 Å². The maximum atomic E-state index is 11.5. The predicted molar refractivity (Wildman–Crippen MR) is 59.4 cm³/mol. The minimum Gasteiger partial charge on any atom is -0.385 e. The highest BCUT2D eigenvalue weighted by atomic mass is 16.5. The molecule has 88 valence electrons. The van der Waals surface area contributed by atoms with Gasteiger partial charge in [0.2, 0.25) is 5.91 Å². The summed E-state index contributed by atoms with van der Waals surface area (Å²) in [5, 5.41) is 3.06. The first-order valence-electron chi connectivity index (χ1n) is 5.76. The van der Waals surface area contributed by atoms with Crippen LogP contribution < -0.4 is 11.1 Å². The van der Waals surface area contributed by atoms with Gasteiger partial charge in [-0.25, -0.2) is 0 Å². The zero-order valence-corrected chi connectivity index (χ0v) is 9.50. The van der Waals surface area contributed by atoms with Gasteiger partial charge in [-0.1, -0.05) is 6.42 Å². The quantitative estimate of drug-likeness (QED) is 0.638. The van der Waals surface area contributed by atoms with Crippen molar-refractivity contribution >= 4 is 5.91 Å². The summed E-state index contributed by atoms with van der Waals surface area (Å²) in [5.74, 6) is 0.619. The zero-order chi connectivity index (χ0) is 11.1. The minimum absolute atomic E-state index is 0.136. The van der Waals surface area contributed by atoms with E-state index in [2.05, 4.69) is 5.32 Å².